The van der Waals surface area contributed by atoms with Gasteiger partial charge in [0, 0.05) is 12.6 Å². The Morgan fingerprint density at radius 3 is 2.56 bits per heavy atom. The molecule has 1 aliphatic heterocycles. The molecule has 92 valence electrons. The molecule has 0 unspecified atom stereocenters. The number of nitrogens with one attached hydrogen (secondary N) is 2. The maximum absolute atomic E-state index is 11.2. The summed E-state index contributed by atoms with van der Waals surface area (Å²) in [5.74, 6) is -0.948. The number of hydrogen-bond acceptors (Lipinski definition) is 4. The first-order valence-electron chi connectivity index (χ1n) is 4.85. The van der Waals surface area contributed by atoms with Gasteiger partial charge in [0.1, 0.15) is 0 Å². The fourth-order valence-electron chi connectivity index (χ4n) is 1.43. The van der Waals surface area contributed by atoms with Crippen LogP contribution in [0.2, 0.25) is 0 Å². The molecule has 1 heterocycles. The van der Waals surface area contributed by atoms with E-state index in [-0.39, 0.29) is 30.5 Å². The van der Waals surface area contributed by atoms with E-state index in [9.17, 15) is 18.0 Å². The van der Waals surface area contributed by atoms with Gasteiger partial charge >= 0.3 is 12.0 Å². The SMILES string of the molecule is O=C(O)CCNC(=O)N[C@@H]1CCS(=O)(=O)C1. The van der Waals surface area contributed by atoms with Gasteiger partial charge in [-0.2, -0.15) is 0 Å². The molecule has 1 rings (SSSR count). The number of carbonyl (C=O) groups is 2. The zero-order valence-electron chi connectivity index (χ0n) is 8.60. The molecule has 3 N–H and O–H groups in total. The first kappa shape index (κ1) is 12.8. The van der Waals surface area contributed by atoms with Crippen LogP contribution in [0.4, 0.5) is 4.79 Å². The maximum Gasteiger partial charge on any atom is 0.315 e. The number of hydrogen-bond donors (Lipinski definition) is 3. The Morgan fingerprint density at radius 1 is 1.38 bits per heavy atom. The molecule has 0 aliphatic carbocycles. The van der Waals surface area contributed by atoms with Gasteiger partial charge in [0.15, 0.2) is 9.84 Å². The molecule has 0 radical (unpaired) electrons. The number of sulfone groups is 1. The first-order valence-corrected chi connectivity index (χ1v) is 6.68. The van der Waals surface area contributed by atoms with Crippen LogP contribution >= 0.6 is 0 Å². The summed E-state index contributed by atoms with van der Waals surface area (Å²) in [6, 6.07) is -0.891. The summed E-state index contributed by atoms with van der Waals surface area (Å²) in [6.45, 7) is 0.0284. The summed E-state index contributed by atoms with van der Waals surface area (Å²) < 4.78 is 22.2. The lowest BCUT2D eigenvalue weighted by Crippen LogP contribution is -2.43. The van der Waals surface area contributed by atoms with Crippen molar-refractivity contribution < 1.29 is 23.1 Å². The molecule has 1 aliphatic rings. The summed E-state index contributed by atoms with van der Waals surface area (Å²) in [7, 11) is -3.01. The highest BCUT2D eigenvalue weighted by atomic mass is 32.2. The fraction of sp³-hybridized carbons (Fsp3) is 0.750. The molecule has 0 aromatic heterocycles. The molecular weight excluding hydrogens is 236 g/mol. The highest BCUT2D eigenvalue weighted by Crippen LogP contribution is 2.10. The molecule has 1 fully saturated rings. The van der Waals surface area contributed by atoms with Crippen LogP contribution in [0.3, 0.4) is 0 Å². The zero-order valence-corrected chi connectivity index (χ0v) is 9.42. The Labute approximate surface area is 93.1 Å². The minimum atomic E-state index is -3.01. The average molecular weight is 250 g/mol. The summed E-state index contributed by atoms with van der Waals surface area (Å²) in [6.07, 6.45) is 0.255. The molecule has 0 bridgehead atoms. The summed E-state index contributed by atoms with van der Waals surface area (Å²) in [4.78, 5) is 21.3. The monoisotopic (exact) mass is 250 g/mol. The predicted octanol–water partition coefficient (Wildman–Crippen LogP) is -1.05. The molecule has 1 saturated heterocycles. The number of carboxylic acids is 1. The molecule has 0 spiro atoms. The largest absolute Gasteiger partial charge is 0.481 e. The van der Waals surface area contributed by atoms with E-state index in [2.05, 4.69) is 10.6 Å². The van der Waals surface area contributed by atoms with E-state index in [0.717, 1.165) is 0 Å². The Hall–Kier alpha value is -1.31. The predicted molar refractivity (Wildman–Crippen MR) is 55.8 cm³/mol. The Balaban J connectivity index is 2.23. The molecule has 0 aromatic carbocycles. The van der Waals surface area contributed by atoms with E-state index in [4.69, 9.17) is 5.11 Å². The highest BCUT2D eigenvalue weighted by Gasteiger charge is 2.28. The van der Waals surface area contributed by atoms with Crippen LogP contribution in [-0.2, 0) is 14.6 Å². The van der Waals surface area contributed by atoms with Crippen molar-refractivity contribution in [3.8, 4) is 0 Å². The van der Waals surface area contributed by atoms with Gasteiger partial charge in [-0.25, -0.2) is 13.2 Å². The van der Waals surface area contributed by atoms with E-state index in [1.807, 2.05) is 0 Å². The van der Waals surface area contributed by atoms with Crippen molar-refractivity contribution in [1.82, 2.24) is 10.6 Å². The molecule has 0 aromatic rings. The summed E-state index contributed by atoms with van der Waals surface area (Å²) in [5, 5.41) is 13.2. The minimum Gasteiger partial charge on any atom is -0.481 e. The number of amides is 2. The number of aliphatic carboxylic acids is 1. The van der Waals surface area contributed by atoms with Crippen molar-refractivity contribution in [1.29, 1.82) is 0 Å². The molecular formula is C8H14N2O5S. The third kappa shape index (κ3) is 4.47. The molecule has 7 nitrogen and oxygen atoms in total. The number of rotatable bonds is 4. The highest BCUT2D eigenvalue weighted by molar-refractivity contribution is 7.91. The normalized spacial score (nSPS) is 22.6. The van der Waals surface area contributed by atoms with Crippen molar-refractivity contribution in [3.05, 3.63) is 0 Å². The molecule has 1 atom stereocenters. The molecule has 2 amide bonds. The van der Waals surface area contributed by atoms with Crippen molar-refractivity contribution >= 4 is 21.8 Å². The van der Waals surface area contributed by atoms with Gasteiger partial charge in [0.05, 0.1) is 17.9 Å². The summed E-state index contributed by atoms with van der Waals surface area (Å²) in [5.41, 5.74) is 0. The van der Waals surface area contributed by atoms with E-state index >= 15 is 0 Å². The lowest BCUT2D eigenvalue weighted by atomic mass is 10.3. The topological polar surface area (TPSA) is 113 Å². The van der Waals surface area contributed by atoms with Crippen LogP contribution < -0.4 is 10.6 Å². The van der Waals surface area contributed by atoms with E-state index in [0.29, 0.717) is 6.42 Å². The van der Waals surface area contributed by atoms with E-state index in [1.165, 1.54) is 0 Å². The van der Waals surface area contributed by atoms with Gasteiger partial charge in [-0.05, 0) is 6.42 Å². The standard InChI is InChI=1S/C8H14N2O5S/c11-7(12)1-3-9-8(13)10-6-2-4-16(14,15)5-6/h6H,1-5H2,(H,11,12)(H2,9,10,13)/t6-/m1/s1. The molecule has 16 heavy (non-hydrogen) atoms. The first-order chi connectivity index (χ1) is 7.39. The van der Waals surface area contributed by atoms with Crippen LogP contribution in [0.1, 0.15) is 12.8 Å². The Bertz CT molecular complexity index is 378. The van der Waals surface area contributed by atoms with Crippen LogP contribution in [0.25, 0.3) is 0 Å². The van der Waals surface area contributed by atoms with Crippen LogP contribution in [0, 0.1) is 0 Å². The van der Waals surface area contributed by atoms with E-state index in [1.54, 1.807) is 0 Å². The number of urea groups is 1. The number of carbonyl (C=O) groups excluding carboxylic acids is 1. The van der Waals surface area contributed by atoms with Gasteiger partial charge in [0.25, 0.3) is 0 Å². The van der Waals surface area contributed by atoms with Gasteiger partial charge in [0.2, 0.25) is 0 Å². The Morgan fingerprint density at radius 2 is 2.06 bits per heavy atom. The third-order valence-corrected chi connectivity index (χ3v) is 3.96. The van der Waals surface area contributed by atoms with Crippen LogP contribution in [0.5, 0.6) is 0 Å². The zero-order chi connectivity index (χ0) is 12.2. The van der Waals surface area contributed by atoms with Crippen molar-refractivity contribution in [2.45, 2.75) is 18.9 Å². The molecule has 8 heteroatoms. The maximum atomic E-state index is 11.2. The average Bonchev–Trinajstić information content (AvgIpc) is 2.44. The third-order valence-electron chi connectivity index (χ3n) is 2.19. The molecule has 0 saturated carbocycles. The van der Waals surface area contributed by atoms with Gasteiger partial charge in [-0.1, -0.05) is 0 Å². The van der Waals surface area contributed by atoms with Gasteiger partial charge < -0.3 is 15.7 Å². The van der Waals surface area contributed by atoms with Crippen molar-refractivity contribution in [3.63, 3.8) is 0 Å². The second-order valence-corrected chi connectivity index (χ2v) is 5.87. The van der Waals surface area contributed by atoms with Crippen molar-refractivity contribution in [2.75, 3.05) is 18.1 Å². The smallest absolute Gasteiger partial charge is 0.315 e. The summed E-state index contributed by atoms with van der Waals surface area (Å²) >= 11 is 0. The fourth-order valence-corrected chi connectivity index (χ4v) is 3.10. The van der Waals surface area contributed by atoms with Gasteiger partial charge in [-0.3, -0.25) is 4.79 Å². The lowest BCUT2D eigenvalue weighted by molar-refractivity contribution is -0.136. The quantitative estimate of drug-likeness (QED) is 0.589. The second-order valence-electron chi connectivity index (χ2n) is 3.64. The lowest BCUT2D eigenvalue weighted by Gasteiger charge is -2.11. The van der Waals surface area contributed by atoms with Crippen LogP contribution in [0.15, 0.2) is 0 Å². The van der Waals surface area contributed by atoms with Gasteiger partial charge in [-0.15, -0.1) is 0 Å². The van der Waals surface area contributed by atoms with E-state index < -0.39 is 21.8 Å². The number of carboxylic acid groups (broad SMARTS) is 1. The van der Waals surface area contributed by atoms with Crippen molar-refractivity contribution in [2.24, 2.45) is 0 Å². The second kappa shape index (κ2) is 5.15. The minimum absolute atomic E-state index is 0.0284. The Kier molecular flexibility index (Phi) is 4.11. The van der Waals surface area contributed by atoms with Crippen LogP contribution in [-0.4, -0.2) is 49.6 Å².